The number of rotatable bonds is 4. The molecule has 1 aromatic heterocycles. The van der Waals surface area contributed by atoms with Crippen LogP contribution in [0.1, 0.15) is 11.1 Å². The van der Waals surface area contributed by atoms with Gasteiger partial charge >= 0.3 is 5.69 Å². The lowest BCUT2D eigenvalue weighted by atomic mass is 10.0. The third kappa shape index (κ3) is 3.02. The second-order valence-electron chi connectivity index (χ2n) is 7.37. The van der Waals surface area contributed by atoms with Gasteiger partial charge in [-0.3, -0.25) is 14.8 Å². The molecule has 0 amide bonds. The number of nitrogens with zero attached hydrogens (tertiary/aromatic N) is 3. The summed E-state index contributed by atoms with van der Waals surface area (Å²) in [5.74, 6) is 0.332. The first kappa shape index (κ1) is 17.4. The highest BCUT2D eigenvalue weighted by Crippen LogP contribution is 2.40. The van der Waals surface area contributed by atoms with E-state index in [9.17, 15) is 10.1 Å². The molecule has 0 bridgehead atoms. The molecule has 0 fully saturated rings. The van der Waals surface area contributed by atoms with Crippen molar-refractivity contribution in [1.82, 2.24) is 9.78 Å². The van der Waals surface area contributed by atoms with Gasteiger partial charge < -0.3 is 4.74 Å². The van der Waals surface area contributed by atoms with Crippen LogP contribution in [0.15, 0.2) is 66.9 Å². The van der Waals surface area contributed by atoms with Gasteiger partial charge in [0.1, 0.15) is 6.10 Å². The molecule has 0 saturated heterocycles. The van der Waals surface area contributed by atoms with Crippen molar-refractivity contribution in [2.75, 3.05) is 0 Å². The third-order valence-electron chi connectivity index (χ3n) is 5.55. The summed E-state index contributed by atoms with van der Waals surface area (Å²) in [4.78, 5) is 11.4. The maximum atomic E-state index is 11.7. The third-order valence-corrected chi connectivity index (χ3v) is 5.55. The van der Waals surface area contributed by atoms with E-state index >= 15 is 0 Å². The van der Waals surface area contributed by atoms with Crippen LogP contribution >= 0.6 is 0 Å². The Labute approximate surface area is 167 Å². The van der Waals surface area contributed by atoms with Crippen LogP contribution < -0.4 is 4.74 Å². The number of benzene rings is 3. The number of ether oxygens (including phenoxy) is 1. The molecule has 29 heavy (non-hydrogen) atoms. The molecule has 5 rings (SSSR count). The number of para-hydroxylation sites is 1. The van der Waals surface area contributed by atoms with Gasteiger partial charge in [-0.1, -0.05) is 42.5 Å². The van der Waals surface area contributed by atoms with Gasteiger partial charge in [-0.25, -0.2) is 0 Å². The van der Waals surface area contributed by atoms with E-state index in [0.717, 1.165) is 34.9 Å². The largest absolute Gasteiger partial charge is 0.482 e. The standard InChI is InChI=1S/C23H19N3O3/c1-25-21-10-9-17(11-18(21)14-24-25)20-7-4-8-22(26(27)28)23(20)29-19-12-15-5-2-3-6-16(15)13-19/h2-11,14,19H,12-13H2,1H3. The molecule has 0 atom stereocenters. The van der Waals surface area contributed by atoms with Crippen molar-refractivity contribution in [2.24, 2.45) is 7.05 Å². The number of nitro benzene ring substituents is 1. The number of hydrogen-bond donors (Lipinski definition) is 0. The van der Waals surface area contributed by atoms with Crippen molar-refractivity contribution in [2.45, 2.75) is 18.9 Å². The minimum atomic E-state index is -0.371. The van der Waals surface area contributed by atoms with Crippen LogP contribution in [0.2, 0.25) is 0 Å². The first-order valence-electron chi connectivity index (χ1n) is 9.53. The lowest BCUT2D eigenvalue weighted by Crippen LogP contribution is -2.17. The predicted molar refractivity (Wildman–Crippen MR) is 111 cm³/mol. The lowest BCUT2D eigenvalue weighted by Gasteiger charge is -2.17. The highest BCUT2D eigenvalue weighted by atomic mass is 16.6. The molecule has 6 nitrogen and oxygen atoms in total. The van der Waals surface area contributed by atoms with E-state index in [1.165, 1.54) is 17.2 Å². The Morgan fingerprint density at radius 2 is 1.83 bits per heavy atom. The van der Waals surface area contributed by atoms with Crippen LogP contribution in [0, 0.1) is 10.1 Å². The zero-order chi connectivity index (χ0) is 20.0. The smallest absolute Gasteiger partial charge is 0.311 e. The summed E-state index contributed by atoms with van der Waals surface area (Å²) in [7, 11) is 1.89. The van der Waals surface area contributed by atoms with E-state index in [-0.39, 0.29) is 16.7 Å². The van der Waals surface area contributed by atoms with Gasteiger partial charge in [-0.15, -0.1) is 0 Å². The average Bonchev–Trinajstić information content (AvgIpc) is 3.30. The summed E-state index contributed by atoms with van der Waals surface area (Å²) in [6, 6.07) is 19.2. The fourth-order valence-electron chi connectivity index (χ4n) is 4.12. The van der Waals surface area contributed by atoms with Crippen molar-refractivity contribution in [1.29, 1.82) is 0 Å². The van der Waals surface area contributed by atoms with E-state index in [4.69, 9.17) is 4.74 Å². The fraction of sp³-hybridized carbons (Fsp3) is 0.174. The Hall–Kier alpha value is -3.67. The topological polar surface area (TPSA) is 70.2 Å². The van der Waals surface area contributed by atoms with Crippen molar-refractivity contribution < 1.29 is 9.66 Å². The number of hydrogen-bond acceptors (Lipinski definition) is 4. The van der Waals surface area contributed by atoms with Crippen molar-refractivity contribution >= 4 is 16.6 Å². The highest BCUT2D eigenvalue weighted by molar-refractivity contribution is 5.87. The first-order valence-corrected chi connectivity index (χ1v) is 9.53. The SMILES string of the molecule is Cn1ncc2cc(-c3cccc([N+](=O)[O-])c3OC3Cc4ccccc4C3)ccc21. The van der Waals surface area contributed by atoms with E-state index in [1.54, 1.807) is 16.9 Å². The van der Waals surface area contributed by atoms with Gasteiger partial charge in [0.05, 0.1) is 16.6 Å². The summed E-state index contributed by atoms with van der Waals surface area (Å²) in [6.07, 6.45) is 3.19. The molecule has 1 aliphatic carbocycles. The van der Waals surface area contributed by atoms with Crippen LogP contribution in [0.25, 0.3) is 22.0 Å². The molecule has 3 aromatic carbocycles. The first-order chi connectivity index (χ1) is 14.1. The van der Waals surface area contributed by atoms with Crippen LogP contribution in [0.3, 0.4) is 0 Å². The molecule has 144 valence electrons. The molecule has 6 heteroatoms. The number of nitro groups is 1. The molecule has 0 aliphatic heterocycles. The predicted octanol–water partition coefficient (Wildman–Crippen LogP) is 4.69. The maximum Gasteiger partial charge on any atom is 0.311 e. The van der Waals surface area contributed by atoms with Crippen LogP contribution in [-0.4, -0.2) is 20.8 Å². The maximum absolute atomic E-state index is 11.7. The molecule has 4 aromatic rings. The number of fused-ring (bicyclic) bond motifs is 2. The molecular formula is C23H19N3O3. The number of aromatic nitrogens is 2. The molecule has 0 radical (unpaired) electrons. The Kier molecular flexibility index (Phi) is 4.05. The van der Waals surface area contributed by atoms with Gasteiger partial charge in [-0.2, -0.15) is 5.10 Å². The zero-order valence-corrected chi connectivity index (χ0v) is 15.9. The molecule has 0 spiro atoms. The van der Waals surface area contributed by atoms with E-state index in [0.29, 0.717) is 5.75 Å². The molecule has 1 heterocycles. The summed E-state index contributed by atoms with van der Waals surface area (Å²) in [6.45, 7) is 0. The quantitative estimate of drug-likeness (QED) is 0.377. The second kappa shape index (κ2) is 6.74. The van der Waals surface area contributed by atoms with Gasteiger partial charge in [0, 0.05) is 36.9 Å². The summed E-state index contributed by atoms with van der Waals surface area (Å²) in [5, 5.41) is 17.0. The van der Waals surface area contributed by atoms with Crippen LogP contribution in [-0.2, 0) is 19.9 Å². The van der Waals surface area contributed by atoms with E-state index in [1.807, 2.05) is 43.4 Å². The van der Waals surface area contributed by atoms with Crippen molar-refractivity contribution in [3.63, 3.8) is 0 Å². The Bertz CT molecular complexity index is 1220. The Morgan fingerprint density at radius 1 is 1.07 bits per heavy atom. The van der Waals surface area contributed by atoms with Crippen LogP contribution in [0.5, 0.6) is 5.75 Å². The lowest BCUT2D eigenvalue weighted by molar-refractivity contribution is -0.386. The van der Waals surface area contributed by atoms with Gasteiger partial charge in [0.2, 0.25) is 5.75 Å². The van der Waals surface area contributed by atoms with Crippen LogP contribution in [0.4, 0.5) is 5.69 Å². The van der Waals surface area contributed by atoms with E-state index < -0.39 is 0 Å². The summed E-state index contributed by atoms with van der Waals surface area (Å²) in [5.41, 5.74) is 5.09. The highest BCUT2D eigenvalue weighted by Gasteiger charge is 2.28. The van der Waals surface area contributed by atoms with Gasteiger partial charge in [-0.05, 0) is 28.8 Å². The monoisotopic (exact) mass is 385 g/mol. The minimum absolute atomic E-state index is 0.00950. The summed E-state index contributed by atoms with van der Waals surface area (Å²) < 4.78 is 8.10. The van der Waals surface area contributed by atoms with E-state index in [2.05, 4.69) is 17.2 Å². The Balaban J connectivity index is 1.57. The molecular weight excluding hydrogens is 366 g/mol. The normalized spacial score (nSPS) is 13.6. The molecule has 0 saturated carbocycles. The molecule has 0 N–H and O–H groups in total. The fourth-order valence-corrected chi connectivity index (χ4v) is 4.12. The van der Waals surface area contributed by atoms with Gasteiger partial charge in [0.15, 0.2) is 0 Å². The zero-order valence-electron chi connectivity index (χ0n) is 15.9. The average molecular weight is 385 g/mol. The minimum Gasteiger partial charge on any atom is -0.482 e. The van der Waals surface area contributed by atoms with Crippen molar-refractivity contribution in [3.05, 3.63) is 88.1 Å². The summed E-state index contributed by atoms with van der Waals surface area (Å²) >= 11 is 0. The Morgan fingerprint density at radius 3 is 2.55 bits per heavy atom. The van der Waals surface area contributed by atoms with Gasteiger partial charge in [0.25, 0.3) is 0 Å². The molecule has 1 aliphatic rings. The number of aryl methyl sites for hydroxylation is 1. The molecule has 0 unspecified atom stereocenters. The van der Waals surface area contributed by atoms with Crippen molar-refractivity contribution in [3.8, 4) is 16.9 Å². The second-order valence-corrected chi connectivity index (χ2v) is 7.37.